The first kappa shape index (κ1) is 20.5. The fourth-order valence-electron chi connectivity index (χ4n) is 3.83. The zero-order valence-corrected chi connectivity index (χ0v) is 17.9. The molecule has 0 aliphatic carbocycles. The number of halogens is 1. The second kappa shape index (κ2) is 8.95. The molecule has 1 aliphatic heterocycles. The van der Waals surface area contributed by atoms with Crippen LogP contribution in [0.1, 0.15) is 32.3 Å². The molecule has 0 saturated heterocycles. The van der Waals surface area contributed by atoms with E-state index in [9.17, 15) is 9.18 Å². The fraction of sp³-hybridized carbons (Fsp3) is 0.364. The van der Waals surface area contributed by atoms with Crippen molar-refractivity contribution in [1.82, 2.24) is 19.7 Å². The molecule has 4 rings (SSSR count). The summed E-state index contributed by atoms with van der Waals surface area (Å²) in [5.74, 6) is 0.734. The van der Waals surface area contributed by atoms with Crippen LogP contribution in [0, 0.1) is 5.82 Å². The lowest BCUT2D eigenvalue weighted by atomic mass is 9.96. The maximum atomic E-state index is 13.6. The van der Waals surface area contributed by atoms with E-state index in [1.54, 1.807) is 23.4 Å². The fourth-order valence-corrected chi connectivity index (χ4v) is 4.65. The predicted molar refractivity (Wildman–Crippen MR) is 116 cm³/mol. The van der Waals surface area contributed by atoms with E-state index in [0.29, 0.717) is 5.16 Å². The van der Waals surface area contributed by atoms with Crippen LogP contribution in [0.5, 0.6) is 0 Å². The highest BCUT2D eigenvalue weighted by Gasteiger charge is 2.29. The van der Waals surface area contributed by atoms with Crippen LogP contribution in [0.25, 0.3) is 11.4 Å². The van der Waals surface area contributed by atoms with E-state index in [1.807, 2.05) is 23.6 Å². The normalized spacial score (nSPS) is 15.8. The van der Waals surface area contributed by atoms with E-state index in [0.717, 1.165) is 48.4 Å². The number of pyridine rings is 1. The number of thioether (sulfide) groups is 1. The van der Waals surface area contributed by atoms with Gasteiger partial charge in [-0.2, -0.15) is 0 Å². The average Bonchev–Trinajstić information content (AvgIpc) is 3.15. The number of aryl methyl sites for hydroxylation is 1. The summed E-state index contributed by atoms with van der Waals surface area (Å²) in [4.78, 5) is 19.1. The lowest BCUT2D eigenvalue weighted by Crippen LogP contribution is -2.43. The van der Waals surface area contributed by atoms with Gasteiger partial charge in [-0.3, -0.25) is 9.78 Å². The van der Waals surface area contributed by atoms with E-state index < -0.39 is 0 Å². The van der Waals surface area contributed by atoms with Gasteiger partial charge >= 0.3 is 0 Å². The summed E-state index contributed by atoms with van der Waals surface area (Å²) in [6.45, 7) is 4.89. The van der Waals surface area contributed by atoms with Gasteiger partial charge in [-0.1, -0.05) is 18.7 Å². The molecule has 3 heterocycles. The summed E-state index contributed by atoms with van der Waals surface area (Å²) in [6.07, 6.45) is 6.02. The highest BCUT2D eigenvalue weighted by atomic mass is 32.2. The molecule has 0 radical (unpaired) electrons. The maximum Gasteiger partial charge on any atom is 0.237 e. The van der Waals surface area contributed by atoms with E-state index in [4.69, 9.17) is 0 Å². The second-order valence-corrected chi connectivity index (χ2v) is 8.36. The summed E-state index contributed by atoms with van der Waals surface area (Å²) >= 11 is 1.39. The molecule has 30 heavy (non-hydrogen) atoms. The number of anilines is 1. The van der Waals surface area contributed by atoms with Gasteiger partial charge in [-0.15, -0.1) is 10.2 Å². The number of amides is 1. The Bertz CT molecular complexity index is 1040. The highest BCUT2D eigenvalue weighted by Crippen LogP contribution is 2.32. The topological polar surface area (TPSA) is 63.9 Å². The lowest BCUT2D eigenvalue weighted by molar-refractivity contribution is -0.116. The summed E-state index contributed by atoms with van der Waals surface area (Å²) in [5.41, 5.74) is 2.60. The molecule has 0 saturated carbocycles. The summed E-state index contributed by atoms with van der Waals surface area (Å²) < 4.78 is 15.7. The molecule has 6 nitrogen and oxygen atoms in total. The summed E-state index contributed by atoms with van der Waals surface area (Å²) in [7, 11) is 0. The van der Waals surface area contributed by atoms with E-state index in [1.165, 1.54) is 23.9 Å². The minimum atomic E-state index is -0.263. The van der Waals surface area contributed by atoms with Crippen LogP contribution in [0.3, 0.4) is 0 Å². The van der Waals surface area contributed by atoms with Crippen LogP contribution < -0.4 is 4.90 Å². The minimum Gasteiger partial charge on any atom is -0.309 e. The molecule has 2 aromatic heterocycles. The number of carbonyl (C=O) groups is 1. The zero-order chi connectivity index (χ0) is 21.1. The Hall–Kier alpha value is -2.74. The number of fused-ring (bicyclic) bond motifs is 1. The van der Waals surface area contributed by atoms with Crippen LogP contribution >= 0.6 is 11.8 Å². The van der Waals surface area contributed by atoms with Crippen molar-refractivity contribution in [3.63, 3.8) is 0 Å². The van der Waals surface area contributed by atoms with Crippen molar-refractivity contribution in [2.75, 3.05) is 10.7 Å². The van der Waals surface area contributed by atoms with Crippen molar-refractivity contribution in [2.24, 2.45) is 0 Å². The van der Waals surface area contributed by atoms with Crippen molar-refractivity contribution < 1.29 is 9.18 Å². The molecule has 1 aromatic carbocycles. The van der Waals surface area contributed by atoms with Gasteiger partial charge in [0.25, 0.3) is 0 Å². The van der Waals surface area contributed by atoms with Gasteiger partial charge in [0, 0.05) is 36.2 Å². The Kier molecular flexibility index (Phi) is 6.13. The Balaban J connectivity index is 1.54. The Morgan fingerprint density at radius 2 is 2.17 bits per heavy atom. The number of nitrogens with zero attached hydrogens (tertiary/aromatic N) is 5. The molecular weight excluding hydrogens is 401 g/mol. The third kappa shape index (κ3) is 4.09. The summed E-state index contributed by atoms with van der Waals surface area (Å²) in [5, 5.41) is 9.39. The largest absolute Gasteiger partial charge is 0.309 e. The molecule has 1 aliphatic rings. The molecule has 8 heteroatoms. The molecular formula is C22H24FN5OS. The van der Waals surface area contributed by atoms with Crippen LogP contribution in [0.4, 0.5) is 10.1 Å². The van der Waals surface area contributed by atoms with Crippen molar-refractivity contribution in [3.05, 3.63) is 54.1 Å². The molecule has 1 amide bonds. The van der Waals surface area contributed by atoms with Gasteiger partial charge in [0.1, 0.15) is 5.82 Å². The smallest absolute Gasteiger partial charge is 0.237 e. The van der Waals surface area contributed by atoms with Gasteiger partial charge in [0.15, 0.2) is 11.0 Å². The Morgan fingerprint density at radius 3 is 2.93 bits per heavy atom. The monoisotopic (exact) mass is 425 g/mol. The molecule has 3 aromatic rings. The number of hydrogen-bond acceptors (Lipinski definition) is 5. The van der Waals surface area contributed by atoms with Gasteiger partial charge in [-0.25, -0.2) is 4.39 Å². The maximum absolute atomic E-state index is 13.6. The van der Waals surface area contributed by atoms with E-state index in [2.05, 4.69) is 22.1 Å². The third-order valence-corrected chi connectivity index (χ3v) is 6.20. The predicted octanol–water partition coefficient (Wildman–Crippen LogP) is 4.35. The first-order chi connectivity index (χ1) is 14.6. The zero-order valence-electron chi connectivity index (χ0n) is 17.1. The molecule has 0 fully saturated rings. The molecule has 0 unspecified atom stereocenters. The van der Waals surface area contributed by atoms with Gasteiger partial charge in [-0.05, 0) is 62.1 Å². The molecule has 0 N–H and O–H groups in total. The van der Waals surface area contributed by atoms with Crippen molar-refractivity contribution in [2.45, 2.75) is 50.9 Å². The summed E-state index contributed by atoms with van der Waals surface area (Å²) in [6, 6.07) is 8.57. The first-order valence-electron chi connectivity index (χ1n) is 10.2. The lowest BCUT2D eigenvalue weighted by Gasteiger charge is -2.35. The standard InChI is InChI=1S/C22H24FN5OS/c1-3-11-27-21(17-5-4-10-24-13-17)25-26-22(27)30-14-20(29)28-15(2)6-7-16-12-18(23)8-9-19(16)28/h4-5,8-10,12-13,15H,3,6-7,11,14H2,1-2H3/t15-/m1/s1. The van der Waals surface area contributed by atoms with Gasteiger partial charge in [0.2, 0.25) is 5.91 Å². The molecule has 156 valence electrons. The SMILES string of the molecule is CCCn1c(SCC(=O)N2c3ccc(F)cc3CC[C@H]2C)nnc1-c1cccnc1. The number of benzene rings is 1. The quantitative estimate of drug-likeness (QED) is 0.550. The van der Waals surface area contributed by atoms with Crippen molar-refractivity contribution in [3.8, 4) is 11.4 Å². The van der Waals surface area contributed by atoms with E-state index >= 15 is 0 Å². The van der Waals surface area contributed by atoms with Crippen LogP contribution in [-0.4, -0.2) is 37.5 Å². The van der Waals surface area contributed by atoms with E-state index in [-0.39, 0.29) is 23.5 Å². The highest BCUT2D eigenvalue weighted by molar-refractivity contribution is 7.99. The van der Waals surface area contributed by atoms with Crippen LogP contribution in [0.2, 0.25) is 0 Å². The molecule has 1 atom stereocenters. The minimum absolute atomic E-state index is 0.00552. The third-order valence-electron chi connectivity index (χ3n) is 5.25. The van der Waals surface area contributed by atoms with Crippen LogP contribution in [0.15, 0.2) is 47.9 Å². The number of rotatable bonds is 6. The Morgan fingerprint density at radius 1 is 1.30 bits per heavy atom. The van der Waals surface area contributed by atoms with Crippen molar-refractivity contribution in [1.29, 1.82) is 0 Å². The molecule has 0 bridgehead atoms. The second-order valence-electron chi connectivity index (χ2n) is 7.41. The first-order valence-corrected chi connectivity index (χ1v) is 11.1. The molecule has 0 spiro atoms. The number of hydrogen-bond donors (Lipinski definition) is 0. The number of aromatic nitrogens is 4. The van der Waals surface area contributed by atoms with Gasteiger partial charge in [0.05, 0.1) is 5.75 Å². The van der Waals surface area contributed by atoms with Crippen LogP contribution in [-0.2, 0) is 17.8 Å². The average molecular weight is 426 g/mol. The Labute approximate surface area is 179 Å². The number of carbonyl (C=O) groups excluding carboxylic acids is 1. The van der Waals surface area contributed by atoms with Gasteiger partial charge < -0.3 is 9.47 Å². The van der Waals surface area contributed by atoms with Crippen molar-refractivity contribution >= 4 is 23.4 Å².